The summed E-state index contributed by atoms with van der Waals surface area (Å²) in [5.41, 5.74) is 1.28. The lowest BCUT2D eigenvalue weighted by molar-refractivity contribution is 0.0716. The molecule has 2 aromatic rings. The first-order valence-electron chi connectivity index (χ1n) is 8.67. The van der Waals surface area contributed by atoms with Crippen LogP contribution in [0.3, 0.4) is 0 Å². The van der Waals surface area contributed by atoms with Crippen LogP contribution in [0.1, 0.15) is 18.4 Å². The first-order chi connectivity index (χ1) is 11.7. The fourth-order valence-electron chi connectivity index (χ4n) is 3.53. The number of nitrogens with zero attached hydrogens (tertiary/aromatic N) is 5. The summed E-state index contributed by atoms with van der Waals surface area (Å²) in [7, 11) is 2.06. The molecule has 1 aliphatic rings. The van der Waals surface area contributed by atoms with Gasteiger partial charge >= 0.3 is 0 Å². The molecule has 1 N–H and O–H groups in total. The molecule has 130 valence electrons. The largest absolute Gasteiger partial charge is 0.390 e. The minimum absolute atomic E-state index is 0.338. The molecule has 0 radical (unpaired) electrons. The summed E-state index contributed by atoms with van der Waals surface area (Å²) >= 11 is 0. The van der Waals surface area contributed by atoms with E-state index in [1.807, 2.05) is 10.7 Å². The lowest BCUT2D eigenvalue weighted by Crippen LogP contribution is -2.42. The average molecular weight is 329 g/mol. The van der Waals surface area contributed by atoms with Gasteiger partial charge in [0.1, 0.15) is 12.7 Å². The van der Waals surface area contributed by atoms with E-state index in [1.165, 1.54) is 12.0 Å². The minimum Gasteiger partial charge on any atom is -0.390 e. The second-order valence-corrected chi connectivity index (χ2v) is 6.74. The second-order valence-electron chi connectivity index (χ2n) is 6.74. The van der Waals surface area contributed by atoms with Crippen molar-refractivity contribution in [2.75, 3.05) is 26.7 Å². The fourth-order valence-corrected chi connectivity index (χ4v) is 3.53. The zero-order valence-electron chi connectivity index (χ0n) is 14.3. The summed E-state index contributed by atoms with van der Waals surface area (Å²) in [5.74, 6) is 0. The molecular formula is C18H27N5O. The maximum atomic E-state index is 10.5. The highest BCUT2D eigenvalue weighted by atomic mass is 16.3. The molecule has 6 nitrogen and oxygen atoms in total. The van der Waals surface area contributed by atoms with Crippen LogP contribution in [0.25, 0.3) is 0 Å². The number of aliphatic hydroxyl groups excluding tert-OH is 1. The third-order valence-corrected chi connectivity index (χ3v) is 4.63. The molecule has 1 aromatic heterocycles. The number of aromatic nitrogens is 3. The predicted molar refractivity (Wildman–Crippen MR) is 93.4 cm³/mol. The average Bonchev–Trinajstić information content (AvgIpc) is 3.21. The van der Waals surface area contributed by atoms with Gasteiger partial charge in [0.15, 0.2) is 0 Å². The molecule has 2 atom stereocenters. The topological polar surface area (TPSA) is 57.4 Å². The Morgan fingerprint density at radius 3 is 2.92 bits per heavy atom. The number of aliphatic hydroxyl groups is 1. The van der Waals surface area contributed by atoms with E-state index < -0.39 is 0 Å². The van der Waals surface area contributed by atoms with Crippen LogP contribution in [0.15, 0.2) is 43.0 Å². The molecule has 0 saturated carbocycles. The molecule has 1 aromatic carbocycles. The van der Waals surface area contributed by atoms with Crippen LogP contribution in [0, 0.1) is 0 Å². The van der Waals surface area contributed by atoms with E-state index in [0.29, 0.717) is 12.6 Å². The van der Waals surface area contributed by atoms with Crippen LogP contribution in [0.4, 0.5) is 0 Å². The lowest BCUT2D eigenvalue weighted by Gasteiger charge is -2.28. The summed E-state index contributed by atoms with van der Waals surface area (Å²) in [5, 5.41) is 14.7. The van der Waals surface area contributed by atoms with Gasteiger partial charge in [-0.3, -0.25) is 14.5 Å². The Kier molecular flexibility index (Phi) is 5.96. The quantitative estimate of drug-likeness (QED) is 0.789. The van der Waals surface area contributed by atoms with Crippen LogP contribution in [0.5, 0.6) is 0 Å². The van der Waals surface area contributed by atoms with Crippen LogP contribution in [-0.2, 0) is 13.1 Å². The zero-order chi connectivity index (χ0) is 16.8. The Morgan fingerprint density at radius 1 is 1.33 bits per heavy atom. The normalized spacial score (nSPS) is 19.9. The molecule has 0 spiro atoms. The number of hydrogen-bond donors (Lipinski definition) is 1. The smallest absolute Gasteiger partial charge is 0.137 e. The molecule has 0 unspecified atom stereocenters. The van der Waals surface area contributed by atoms with Crippen LogP contribution >= 0.6 is 0 Å². The third-order valence-electron chi connectivity index (χ3n) is 4.63. The number of likely N-dealkylation sites (N-methyl/N-ethyl adjacent to an activating group) is 1. The van der Waals surface area contributed by atoms with Crippen molar-refractivity contribution in [1.29, 1.82) is 0 Å². The van der Waals surface area contributed by atoms with Gasteiger partial charge in [-0.2, -0.15) is 5.10 Å². The highest BCUT2D eigenvalue weighted by Gasteiger charge is 2.27. The molecule has 1 saturated heterocycles. The Morgan fingerprint density at radius 2 is 2.17 bits per heavy atom. The molecule has 24 heavy (non-hydrogen) atoms. The van der Waals surface area contributed by atoms with Crippen molar-refractivity contribution in [3.05, 3.63) is 48.5 Å². The van der Waals surface area contributed by atoms with Crippen molar-refractivity contribution in [2.24, 2.45) is 0 Å². The van der Waals surface area contributed by atoms with Gasteiger partial charge in [0.25, 0.3) is 0 Å². The summed E-state index contributed by atoms with van der Waals surface area (Å²) in [6, 6.07) is 10.8. The van der Waals surface area contributed by atoms with Gasteiger partial charge in [-0.25, -0.2) is 4.98 Å². The third kappa shape index (κ3) is 4.87. The zero-order valence-corrected chi connectivity index (χ0v) is 14.3. The van der Waals surface area contributed by atoms with E-state index in [2.05, 4.69) is 51.2 Å². The Bertz CT molecular complexity index is 589. The summed E-state index contributed by atoms with van der Waals surface area (Å²) in [4.78, 5) is 8.58. The first-order valence-corrected chi connectivity index (χ1v) is 8.67. The highest BCUT2D eigenvalue weighted by molar-refractivity contribution is 5.14. The van der Waals surface area contributed by atoms with E-state index in [-0.39, 0.29) is 6.10 Å². The number of hydrogen-bond acceptors (Lipinski definition) is 5. The van der Waals surface area contributed by atoms with Crippen LogP contribution < -0.4 is 0 Å². The Hall–Kier alpha value is -1.76. The monoisotopic (exact) mass is 329 g/mol. The van der Waals surface area contributed by atoms with E-state index in [9.17, 15) is 5.11 Å². The van der Waals surface area contributed by atoms with Gasteiger partial charge in [-0.15, -0.1) is 0 Å². The first kappa shape index (κ1) is 17.1. The van der Waals surface area contributed by atoms with Crippen molar-refractivity contribution in [1.82, 2.24) is 24.6 Å². The van der Waals surface area contributed by atoms with E-state index >= 15 is 0 Å². The van der Waals surface area contributed by atoms with Crippen molar-refractivity contribution in [3.8, 4) is 0 Å². The van der Waals surface area contributed by atoms with Gasteiger partial charge in [-0.1, -0.05) is 30.3 Å². The van der Waals surface area contributed by atoms with Gasteiger partial charge in [0.2, 0.25) is 0 Å². The number of likely N-dealkylation sites (tertiary alicyclic amines) is 1. The maximum Gasteiger partial charge on any atom is 0.137 e. The fraction of sp³-hybridized carbons (Fsp3) is 0.556. The van der Waals surface area contributed by atoms with Gasteiger partial charge < -0.3 is 5.11 Å². The molecular weight excluding hydrogens is 302 g/mol. The SMILES string of the molecule is CN(Cc1ccccc1)C[C@H](O)CN1CCC[C@@H]1Cn1cncn1. The molecule has 0 aliphatic carbocycles. The van der Waals surface area contributed by atoms with Crippen molar-refractivity contribution in [2.45, 2.75) is 38.1 Å². The maximum absolute atomic E-state index is 10.5. The minimum atomic E-state index is -0.338. The molecule has 0 amide bonds. The van der Waals surface area contributed by atoms with Crippen molar-refractivity contribution in [3.63, 3.8) is 0 Å². The lowest BCUT2D eigenvalue weighted by atomic mass is 10.2. The van der Waals surface area contributed by atoms with E-state index in [0.717, 1.165) is 32.6 Å². The van der Waals surface area contributed by atoms with Crippen LogP contribution in [-0.4, -0.2) is 68.5 Å². The highest BCUT2D eigenvalue weighted by Crippen LogP contribution is 2.19. The number of benzene rings is 1. The summed E-state index contributed by atoms with van der Waals surface area (Å²) < 4.78 is 1.89. The molecule has 1 aliphatic heterocycles. The predicted octanol–water partition coefficient (Wildman–Crippen LogP) is 1.24. The van der Waals surface area contributed by atoms with Crippen molar-refractivity contribution >= 4 is 0 Å². The number of β-amino-alcohol motifs (C(OH)–C–C–N with tert-alkyl or cyclic N) is 1. The second kappa shape index (κ2) is 8.37. The number of rotatable bonds is 8. The molecule has 2 heterocycles. The van der Waals surface area contributed by atoms with Gasteiger partial charge in [0.05, 0.1) is 12.6 Å². The molecule has 3 rings (SSSR count). The Balaban J connectivity index is 1.45. The molecule has 6 heteroatoms. The Labute approximate surface area is 143 Å². The molecule has 1 fully saturated rings. The summed E-state index contributed by atoms with van der Waals surface area (Å²) in [6.07, 6.45) is 5.35. The standard InChI is InChI=1S/C18H27N5O/c1-21(10-16-6-3-2-4-7-16)12-18(24)13-22-9-5-8-17(22)11-23-15-19-14-20-23/h2-4,6-7,14-15,17-18,24H,5,8-13H2,1H3/t17-,18+/m1/s1. The van der Waals surface area contributed by atoms with Crippen molar-refractivity contribution < 1.29 is 5.11 Å². The summed E-state index contributed by atoms with van der Waals surface area (Å²) in [6.45, 7) is 4.17. The van der Waals surface area contributed by atoms with Crippen LogP contribution in [0.2, 0.25) is 0 Å². The van der Waals surface area contributed by atoms with Gasteiger partial charge in [0, 0.05) is 25.7 Å². The molecule has 0 bridgehead atoms. The van der Waals surface area contributed by atoms with E-state index in [4.69, 9.17) is 0 Å². The van der Waals surface area contributed by atoms with E-state index in [1.54, 1.807) is 12.7 Å². The van der Waals surface area contributed by atoms with Gasteiger partial charge in [-0.05, 0) is 32.0 Å².